The predicted molar refractivity (Wildman–Crippen MR) is 98.8 cm³/mol. The minimum atomic E-state index is -3.83. The average molecular weight is 455 g/mol. The Bertz CT molecular complexity index is 1060. The average Bonchev–Trinajstić information content (AvgIpc) is 2.61. The van der Waals surface area contributed by atoms with Gasteiger partial charge in [0.25, 0.3) is 0 Å². The number of hydrogen-bond acceptors (Lipinski definition) is 4. The van der Waals surface area contributed by atoms with E-state index in [2.05, 4.69) is 25.6 Å². The Morgan fingerprint density at radius 2 is 1.81 bits per heavy atom. The normalized spacial score (nSPS) is 11.4. The smallest absolute Gasteiger partial charge is 0.241 e. The van der Waals surface area contributed by atoms with Gasteiger partial charge in [-0.15, -0.1) is 0 Å². The quantitative estimate of drug-likeness (QED) is 0.599. The molecule has 0 unspecified atom stereocenters. The van der Waals surface area contributed by atoms with Crippen molar-refractivity contribution in [1.82, 2.24) is 9.71 Å². The topological polar surface area (TPSA) is 68.3 Å². The van der Waals surface area contributed by atoms with E-state index in [-0.39, 0.29) is 21.8 Å². The van der Waals surface area contributed by atoms with Crippen molar-refractivity contribution in [2.45, 2.75) is 11.4 Å². The molecule has 27 heavy (non-hydrogen) atoms. The highest BCUT2D eigenvalue weighted by atomic mass is 79.9. The second-order valence-corrected chi connectivity index (χ2v) is 8.05. The lowest BCUT2D eigenvalue weighted by atomic mass is 10.3. The van der Waals surface area contributed by atoms with Crippen LogP contribution >= 0.6 is 15.9 Å². The lowest BCUT2D eigenvalue weighted by Crippen LogP contribution is -2.23. The van der Waals surface area contributed by atoms with Crippen LogP contribution in [0.1, 0.15) is 5.56 Å². The van der Waals surface area contributed by atoms with Gasteiger partial charge in [-0.25, -0.2) is 26.9 Å². The molecular formula is C18H13BrF2N2O3S. The molecule has 9 heteroatoms. The third-order valence-electron chi connectivity index (χ3n) is 3.47. The summed E-state index contributed by atoms with van der Waals surface area (Å²) >= 11 is 3.04. The van der Waals surface area contributed by atoms with Gasteiger partial charge < -0.3 is 4.74 Å². The van der Waals surface area contributed by atoms with Crippen molar-refractivity contribution in [2.75, 3.05) is 0 Å². The van der Waals surface area contributed by atoms with Gasteiger partial charge in [0.05, 0.1) is 4.90 Å². The molecule has 3 rings (SSSR count). The zero-order chi connectivity index (χ0) is 19.4. The van der Waals surface area contributed by atoms with Crippen LogP contribution in [0.25, 0.3) is 0 Å². The molecule has 0 aliphatic heterocycles. The number of ether oxygens (including phenoxy) is 1. The summed E-state index contributed by atoms with van der Waals surface area (Å²) in [6, 6.07) is 12.1. The fraction of sp³-hybridized carbons (Fsp3) is 0.0556. The van der Waals surface area contributed by atoms with Crippen LogP contribution in [0.2, 0.25) is 0 Å². The van der Waals surface area contributed by atoms with Crippen LogP contribution in [0.4, 0.5) is 8.78 Å². The molecule has 1 aromatic heterocycles. The Morgan fingerprint density at radius 3 is 2.48 bits per heavy atom. The Morgan fingerprint density at radius 1 is 1.04 bits per heavy atom. The highest BCUT2D eigenvalue weighted by Gasteiger charge is 2.17. The molecule has 0 spiro atoms. The van der Waals surface area contributed by atoms with Crippen LogP contribution in [0.15, 0.2) is 70.2 Å². The Labute approximate surface area is 163 Å². The number of benzene rings is 2. The summed E-state index contributed by atoms with van der Waals surface area (Å²) in [4.78, 5) is 4.00. The molecule has 0 aliphatic rings. The molecule has 0 atom stereocenters. The molecule has 0 saturated carbocycles. The van der Waals surface area contributed by atoms with E-state index in [4.69, 9.17) is 4.74 Å². The Hall–Kier alpha value is -2.36. The fourth-order valence-electron chi connectivity index (χ4n) is 2.18. The molecule has 0 saturated heterocycles. The minimum absolute atomic E-state index is 0.0145. The van der Waals surface area contributed by atoms with E-state index < -0.39 is 21.7 Å². The molecule has 0 fully saturated rings. The second-order valence-electron chi connectivity index (χ2n) is 5.46. The van der Waals surface area contributed by atoms with Crippen LogP contribution in [0.3, 0.4) is 0 Å². The van der Waals surface area contributed by atoms with Crippen LogP contribution in [0.5, 0.6) is 11.6 Å². The van der Waals surface area contributed by atoms with Crippen molar-refractivity contribution in [1.29, 1.82) is 0 Å². The first-order valence-electron chi connectivity index (χ1n) is 7.66. The predicted octanol–water partition coefficient (Wildman–Crippen LogP) is 4.39. The zero-order valence-electron chi connectivity index (χ0n) is 13.7. The van der Waals surface area contributed by atoms with Gasteiger partial charge in [0.15, 0.2) is 0 Å². The van der Waals surface area contributed by atoms with E-state index in [0.29, 0.717) is 11.3 Å². The molecule has 1 N–H and O–H groups in total. The molecular weight excluding hydrogens is 442 g/mol. The van der Waals surface area contributed by atoms with E-state index >= 15 is 0 Å². The van der Waals surface area contributed by atoms with Crippen LogP contribution < -0.4 is 9.46 Å². The van der Waals surface area contributed by atoms with Crippen LogP contribution in [-0.4, -0.2) is 13.4 Å². The summed E-state index contributed by atoms with van der Waals surface area (Å²) in [6.45, 7) is -0.0145. The second kappa shape index (κ2) is 8.12. The number of sulfonamides is 1. The van der Waals surface area contributed by atoms with Crippen LogP contribution in [0, 0.1) is 11.6 Å². The summed E-state index contributed by atoms with van der Waals surface area (Å²) in [6.07, 6.45) is 1.44. The van der Waals surface area contributed by atoms with Gasteiger partial charge >= 0.3 is 0 Å². The number of aromatic nitrogens is 1. The number of nitrogens with zero attached hydrogens (tertiary/aromatic N) is 1. The van der Waals surface area contributed by atoms with E-state index in [1.165, 1.54) is 30.5 Å². The van der Waals surface area contributed by atoms with E-state index in [1.54, 1.807) is 18.2 Å². The summed E-state index contributed by atoms with van der Waals surface area (Å²) < 4.78 is 58.9. The van der Waals surface area contributed by atoms with Crippen molar-refractivity contribution in [3.63, 3.8) is 0 Å². The number of halogens is 3. The van der Waals surface area contributed by atoms with Crippen molar-refractivity contribution in [3.05, 3.63) is 82.5 Å². The fourth-order valence-corrected chi connectivity index (χ4v) is 4.24. The first-order valence-corrected chi connectivity index (χ1v) is 9.94. The maximum atomic E-state index is 13.1. The molecule has 0 aliphatic carbocycles. The molecule has 3 aromatic rings. The van der Waals surface area contributed by atoms with Gasteiger partial charge in [-0.1, -0.05) is 12.1 Å². The highest BCUT2D eigenvalue weighted by Crippen LogP contribution is 2.23. The highest BCUT2D eigenvalue weighted by molar-refractivity contribution is 9.10. The summed E-state index contributed by atoms with van der Waals surface area (Å²) in [5.74, 6) is -0.421. The maximum absolute atomic E-state index is 13.1. The number of nitrogens with one attached hydrogen (secondary N) is 1. The largest absolute Gasteiger partial charge is 0.439 e. The first kappa shape index (κ1) is 19.4. The van der Waals surface area contributed by atoms with Crippen molar-refractivity contribution < 1.29 is 21.9 Å². The molecule has 5 nitrogen and oxygen atoms in total. The third kappa shape index (κ3) is 5.09. The molecule has 0 bridgehead atoms. The van der Waals surface area contributed by atoms with Gasteiger partial charge in [0.1, 0.15) is 17.4 Å². The zero-order valence-corrected chi connectivity index (χ0v) is 16.1. The number of rotatable bonds is 6. The molecule has 140 valence electrons. The lowest BCUT2D eigenvalue weighted by molar-refractivity contribution is 0.457. The molecule has 1 heterocycles. The van der Waals surface area contributed by atoms with Crippen molar-refractivity contribution >= 4 is 26.0 Å². The molecule has 2 aromatic carbocycles. The minimum Gasteiger partial charge on any atom is -0.439 e. The molecule has 0 amide bonds. The summed E-state index contributed by atoms with van der Waals surface area (Å²) in [7, 11) is -3.83. The monoisotopic (exact) mass is 454 g/mol. The Balaban J connectivity index is 1.66. The van der Waals surface area contributed by atoms with Gasteiger partial charge in [0.2, 0.25) is 15.9 Å². The standard InChI is InChI=1S/C18H13BrF2N2O3S/c19-16-9-14(21)5-6-17(16)27(24,25)23-11-12-4-7-18(22-10-12)26-15-3-1-2-13(20)8-15/h1-10,23H,11H2. The SMILES string of the molecule is O=S(=O)(NCc1ccc(Oc2cccc(F)c2)nc1)c1ccc(F)cc1Br. The van der Waals surface area contributed by atoms with Gasteiger partial charge in [-0.2, -0.15) is 0 Å². The van der Waals surface area contributed by atoms with E-state index in [0.717, 1.165) is 12.1 Å². The van der Waals surface area contributed by atoms with Gasteiger partial charge in [0, 0.05) is 29.3 Å². The third-order valence-corrected chi connectivity index (χ3v) is 5.84. The van der Waals surface area contributed by atoms with E-state index in [9.17, 15) is 17.2 Å². The van der Waals surface area contributed by atoms with Crippen LogP contribution in [-0.2, 0) is 16.6 Å². The lowest BCUT2D eigenvalue weighted by Gasteiger charge is -2.09. The maximum Gasteiger partial charge on any atom is 0.241 e. The van der Waals surface area contributed by atoms with E-state index in [1.807, 2.05) is 0 Å². The van der Waals surface area contributed by atoms with Crippen molar-refractivity contribution in [2.24, 2.45) is 0 Å². The van der Waals surface area contributed by atoms with Crippen molar-refractivity contribution in [3.8, 4) is 11.6 Å². The molecule has 0 radical (unpaired) electrons. The Kier molecular flexibility index (Phi) is 5.83. The summed E-state index contributed by atoms with van der Waals surface area (Å²) in [5, 5.41) is 0. The number of hydrogen-bond donors (Lipinski definition) is 1. The summed E-state index contributed by atoms with van der Waals surface area (Å²) in [5.41, 5.74) is 0.586. The number of pyridine rings is 1. The van der Waals surface area contributed by atoms with Gasteiger partial charge in [-0.05, 0) is 51.8 Å². The van der Waals surface area contributed by atoms with Gasteiger partial charge in [-0.3, -0.25) is 0 Å². The first-order chi connectivity index (χ1) is 12.8.